The smallest absolute Gasteiger partial charge is 0.475 e. The van der Waals surface area contributed by atoms with Gasteiger partial charge < -0.3 is 14.9 Å². The van der Waals surface area contributed by atoms with Gasteiger partial charge in [-0.25, -0.2) is 4.79 Å². The second-order valence-corrected chi connectivity index (χ2v) is 5.28. The van der Waals surface area contributed by atoms with Gasteiger partial charge in [0.15, 0.2) is 5.58 Å². The third-order valence-electron chi connectivity index (χ3n) is 2.87. The van der Waals surface area contributed by atoms with Crippen LogP contribution in [0.25, 0.3) is 11.0 Å². The number of rotatable bonds is 1. The molecule has 0 amide bonds. The molecule has 2 N–H and O–H groups in total. The van der Waals surface area contributed by atoms with Crippen molar-refractivity contribution in [2.75, 3.05) is 13.1 Å². The number of nitrogens with zero attached hydrogens (tertiary/aromatic N) is 1. The molecule has 0 radical (unpaired) electrons. The van der Waals surface area contributed by atoms with Gasteiger partial charge in [-0.2, -0.15) is 13.2 Å². The van der Waals surface area contributed by atoms with Crippen LogP contribution in [0.2, 0.25) is 0 Å². The van der Waals surface area contributed by atoms with E-state index in [0.29, 0.717) is 5.92 Å². The molecule has 1 saturated heterocycles. The van der Waals surface area contributed by atoms with Crippen molar-refractivity contribution in [1.29, 1.82) is 0 Å². The number of fused-ring (bicyclic) bond motifs is 1. The molecule has 5 nitrogen and oxygen atoms in total. The molecule has 0 spiro atoms. The number of carboxylic acid groups (broad SMARTS) is 1. The summed E-state index contributed by atoms with van der Waals surface area (Å²) in [6.45, 7) is 2.02. The van der Waals surface area contributed by atoms with E-state index in [1.54, 1.807) is 0 Å². The molecule has 2 aromatic rings. The van der Waals surface area contributed by atoms with Gasteiger partial charge in [0.05, 0.1) is 5.69 Å². The minimum atomic E-state index is -5.08. The van der Waals surface area contributed by atoms with Gasteiger partial charge in [0, 0.05) is 28.9 Å². The van der Waals surface area contributed by atoms with Gasteiger partial charge in [0.2, 0.25) is 0 Å². The van der Waals surface area contributed by atoms with Crippen LogP contribution in [0.4, 0.5) is 13.2 Å². The largest absolute Gasteiger partial charge is 0.490 e. The van der Waals surface area contributed by atoms with Crippen LogP contribution >= 0.6 is 15.9 Å². The number of aromatic nitrogens is 1. The van der Waals surface area contributed by atoms with Crippen molar-refractivity contribution in [2.24, 2.45) is 0 Å². The summed E-state index contributed by atoms with van der Waals surface area (Å²) < 4.78 is 38.1. The van der Waals surface area contributed by atoms with Gasteiger partial charge in [0.25, 0.3) is 0 Å². The predicted molar refractivity (Wildman–Crippen MR) is 71.0 cm³/mol. The molecule has 114 valence electrons. The lowest BCUT2D eigenvalue weighted by Gasteiger charge is -2.24. The fourth-order valence-corrected chi connectivity index (χ4v) is 2.07. The number of alkyl halides is 3. The summed E-state index contributed by atoms with van der Waals surface area (Å²) in [5.41, 5.74) is 1.95. The maximum Gasteiger partial charge on any atom is 0.490 e. The van der Waals surface area contributed by atoms with E-state index < -0.39 is 12.1 Å². The molecule has 0 atom stereocenters. The molecule has 0 aliphatic carbocycles. The minimum absolute atomic E-state index is 0.519. The van der Waals surface area contributed by atoms with E-state index in [-0.39, 0.29) is 0 Å². The minimum Gasteiger partial charge on any atom is -0.475 e. The molecule has 9 heteroatoms. The maximum atomic E-state index is 10.6. The van der Waals surface area contributed by atoms with Crippen molar-refractivity contribution in [3.8, 4) is 0 Å². The predicted octanol–water partition coefficient (Wildman–Crippen LogP) is 2.91. The van der Waals surface area contributed by atoms with Gasteiger partial charge >= 0.3 is 12.1 Å². The van der Waals surface area contributed by atoms with Crippen molar-refractivity contribution < 1.29 is 27.6 Å². The topological polar surface area (TPSA) is 75.4 Å². The van der Waals surface area contributed by atoms with Crippen LogP contribution in [0.1, 0.15) is 11.6 Å². The van der Waals surface area contributed by atoms with Gasteiger partial charge in [-0.05, 0) is 18.2 Å². The first kappa shape index (κ1) is 15.8. The maximum absolute atomic E-state index is 10.6. The molecule has 1 fully saturated rings. The van der Waals surface area contributed by atoms with Crippen molar-refractivity contribution in [3.05, 3.63) is 28.4 Å². The molecular weight excluding hydrogens is 357 g/mol. The Kier molecular flexibility index (Phi) is 4.52. The number of aliphatic carboxylic acids is 1. The molecule has 1 aromatic heterocycles. The molecule has 2 heterocycles. The Morgan fingerprint density at radius 3 is 2.52 bits per heavy atom. The number of hydrogen-bond donors (Lipinski definition) is 2. The fraction of sp³-hybridized carbons (Fsp3) is 0.333. The van der Waals surface area contributed by atoms with Crippen LogP contribution in [0.3, 0.4) is 0 Å². The molecule has 0 bridgehead atoms. The number of carboxylic acids is 1. The first-order chi connectivity index (χ1) is 9.79. The highest BCUT2D eigenvalue weighted by Crippen LogP contribution is 2.29. The van der Waals surface area contributed by atoms with E-state index in [1.807, 2.05) is 12.1 Å². The second-order valence-electron chi connectivity index (χ2n) is 4.37. The highest BCUT2D eigenvalue weighted by atomic mass is 79.9. The number of halogens is 4. The van der Waals surface area contributed by atoms with Gasteiger partial charge in [-0.3, -0.25) is 0 Å². The van der Waals surface area contributed by atoms with E-state index in [0.717, 1.165) is 34.2 Å². The quantitative estimate of drug-likeness (QED) is 0.811. The van der Waals surface area contributed by atoms with Gasteiger partial charge in [0.1, 0.15) is 0 Å². The van der Waals surface area contributed by atoms with E-state index >= 15 is 0 Å². The summed E-state index contributed by atoms with van der Waals surface area (Å²) in [5.74, 6) is -2.24. The standard InChI is InChI=1S/C10H9BrN2O.C2HF3O2/c11-7-1-2-9-8(3-7)10(13-14-9)6-4-12-5-6;3-2(4,5)1(6)7/h1-3,6,12H,4-5H2;(H,6,7). The Morgan fingerprint density at radius 2 is 2.05 bits per heavy atom. The molecule has 0 unspecified atom stereocenters. The Balaban J connectivity index is 0.000000199. The molecule has 1 aromatic carbocycles. The molecule has 3 rings (SSSR count). The molecule has 21 heavy (non-hydrogen) atoms. The SMILES string of the molecule is Brc1ccc2onc(C3CNC3)c2c1.O=C(O)C(F)(F)F. The first-order valence-corrected chi connectivity index (χ1v) is 6.64. The highest BCUT2D eigenvalue weighted by Gasteiger charge is 2.38. The van der Waals surface area contributed by atoms with Crippen LogP contribution in [0.15, 0.2) is 27.2 Å². The molecular formula is C12H10BrF3N2O3. The van der Waals surface area contributed by atoms with Gasteiger partial charge in [-0.15, -0.1) is 0 Å². The van der Waals surface area contributed by atoms with E-state index in [2.05, 4.69) is 32.5 Å². The zero-order valence-electron chi connectivity index (χ0n) is 10.4. The summed E-state index contributed by atoms with van der Waals surface area (Å²) in [4.78, 5) is 8.90. The van der Waals surface area contributed by atoms with Gasteiger partial charge in [-0.1, -0.05) is 21.1 Å². The zero-order valence-corrected chi connectivity index (χ0v) is 12.0. The fourth-order valence-electron chi connectivity index (χ4n) is 1.71. The normalized spacial score (nSPS) is 15.2. The van der Waals surface area contributed by atoms with Crippen molar-refractivity contribution >= 4 is 32.9 Å². The summed E-state index contributed by atoms with van der Waals surface area (Å²) in [6, 6.07) is 5.98. The average Bonchev–Trinajstić information content (AvgIpc) is 2.70. The number of nitrogens with one attached hydrogen (secondary N) is 1. The Labute approximate surface area is 125 Å². The number of carbonyl (C=O) groups is 1. The number of benzene rings is 1. The Bertz CT molecular complexity index is 653. The van der Waals surface area contributed by atoms with Crippen molar-refractivity contribution in [3.63, 3.8) is 0 Å². The third-order valence-corrected chi connectivity index (χ3v) is 3.36. The van der Waals surface area contributed by atoms with E-state index in [9.17, 15) is 13.2 Å². The molecule has 1 aliphatic heterocycles. The summed E-state index contributed by atoms with van der Waals surface area (Å²) in [6.07, 6.45) is -5.08. The highest BCUT2D eigenvalue weighted by molar-refractivity contribution is 9.10. The lowest BCUT2D eigenvalue weighted by atomic mass is 9.97. The van der Waals surface area contributed by atoms with Crippen LogP contribution in [-0.2, 0) is 4.79 Å². The average molecular weight is 367 g/mol. The summed E-state index contributed by atoms with van der Waals surface area (Å²) in [7, 11) is 0. The molecule has 0 saturated carbocycles. The summed E-state index contributed by atoms with van der Waals surface area (Å²) in [5, 5.41) is 15.6. The molecule has 1 aliphatic rings. The Morgan fingerprint density at radius 1 is 1.43 bits per heavy atom. The van der Waals surface area contributed by atoms with E-state index in [1.165, 1.54) is 0 Å². The van der Waals surface area contributed by atoms with Crippen LogP contribution < -0.4 is 5.32 Å². The van der Waals surface area contributed by atoms with E-state index in [4.69, 9.17) is 14.4 Å². The van der Waals surface area contributed by atoms with Crippen molar-refractivity contribution in [1.82, 2.24) is 10.5 Å². The van der Waals surface area contributed by atoms with Crippen LogP contribution in [0.5, 0.6) is 0 Å². The lowest BCUT2D eigenvalue weighted by molar-refractivity contribution is -0.192. The first-order valence-electron chi connectivity index (χ1n) is 5.84. The monoisotopic (exact) mass is 366 g/mol. The van der Waals surface area contributed by atoms with Crippen molar-refractivity contribution in [2.45, 2.75) is 12.1 Å². The van der Waals surface area contributed by atoms with Crippen LogP contribution in [-0.4, -0.2) is 35.5 Å². The third kappa shape index (κ3) is 3.73. The zero-order chi connectivity index (χ0) is 15.6. The Hall–Kier alpha value is -1.61. The number of hydrogen-bond acceptors (Lipinski definition) is 4. The van der Waals surface area contributed by atoms with Crippen LogP contribution in [0, 0.1) is 0 Å². The lowest BCUT2D eigenvalue weighted by Crippen LogP contribution is -2.40. The summed E-state index contributed by atoms with van der Waals surface area (Å²) >= 11 is 3.46. The second kappa shape index (κ2) is 6.02.